The largest absolute Gasteiger partial charge is 0.425 e. The molecule has 0 amide bonds. The molecule has 0 aliphatic heterocycles. The predicted octanol–water partition coefficient (Wildman–Crippen LogP) is 6.61. The van der Waals surface area contributed by atoms with E-state index in [-0.39, 0.29) is 5.97 Å². The summed E-state index contributed by atoms with van der Waals surface area (Å²) in [5.41, 5.74) is 1.46. The standard InChI is InChI=1S/C25H22O2/c1-25(2,3)24(26)27-22-16-15-18-10-5-7-13-20(18)23(22)21-14-8-11-17-9-4-6-12-19(17)21/h4-16H,1-3H3. The first kappa shape index (κ1) is 17.3. The Labute approximate surface area is 159 Å². The summed E-state index contributed by atoms with van der Waals surface area (Å²) in [7, 11) is 0. The molecule has 0 aliphatic carbocycles. The molecule has 27 heavy (non-hydrogen) atoms. The van der Waals surface area contributed by atoms with Gasteiger partial charge in [-0.1, -0.05) is 72.8 Å². The first-order chi connectivity index (χ1) is 12.9. The molecule has 0 aliphatic rings. The quantitative estimate of drug-likeness (QED) is 0.299. The molecule has 4 aromatic carbocycles. The van der Waals surface area contributed by atoms with Crippen LogP contribution in [0.25, 0.3) is 32.7 Å². The van der Waals surface area contributed by atoms with Gasteiger partial charge in [-0.3, -0.25) is 4.79 Å². The van der Waals surface area contributed by atoms with Crippen LogP contribution in [0.4, 0.5) is 0 Å². The Balaban J connectivity index is 2.02. The molecule has 0 aromatic heterocycles. The lowest BCUT2D eigenvalue weighted by molar-refractivity contribution is -0.142. The molecule has 0 saturated heterocycles. The highest BCUT2D eigenvalue weighted by molar-refractivity contribution is 6.08. The Morgan fingerprint density at radius 3 is 2.00 bits per heavy atom. The van der Waals surface area contributed by atoms with E-state index in [1.807, 2.05) is 57.2 Å². The van der Waals surface area contributed by atoms with Gasteiger partial charge in [-0.25, -0.2) is 0 Å². The molecular weight excluding hydrogens is 332 g/mol. The van der Waals surface area contributed by atoms with Gasteiger partial charge in [0.05, 0.1) is 5.41 Å². The summed E-state index contributed by atoms with van der Waals surface area (Å²) in [5.74, 6) is 0.365. The number of ether oxygens (including phenoxy) is 1. The van der Waals surface area contributed by atoms with Crippen LogP contribution < -0.4 is 4.74 Å². The van der Waals surface area contributed by atoms with E-state index in [4.69, 9.17) is 4.74 Å². The second-order valence-corrected chi connectivity index (χ2v) is 7.83. The smallest absolute Gasteiger partial charge is 0.316 e. The first-order valence-electron chi connectivity index (χ1n) is 9.17. The molecule has 0 radical (unpaired) electrons. The van der Waals surface area contributed by atoms with Gasteiger partial charge in [0.2, 0.25) is 0 Å². The maximum Gasteiger partial charge on any atom is 0.316 e. The van der Waals surface area contributed by atoms with Crippen LogP contribution in [-0.2, 0) is 4.79 Å². The fraction of sp³-hybridized carbons (Fsp3) is 0.160. The molecule has 0 fully saturated rings. The van der Waals surface area contributed by atoms with E-state index in [9.17, 15) is 4.79 Å². The number of carbonyl (C=O) groups is 1. The zero-order valence-corrected chi connectivity index (χ0v) is 15.8. The highest BCUT2D eigenvalue weighted by Crippen LogP contribution is 2.41. The summed E-state index contributed by atoms with van der Waals surface area (Å²) >= 11 is 0. The van der Waals surface area contributed by atoms with Gasteiger partial charge in [0.25, 0.3) is 0 Å². The minimum atomic E-state index is -0.568. The predicted molar refractivity (Wildman–Crippen MR) is 112 cm³/mol. The van der Waals surface area contributed by atoms with Crippen LogP contribution in [0.1, 0.15) is 20.8 Å². The number of hydrogen-bond acceptors (Lipinski definition) is 2. The lowest BCUT2D eigenvalue weighted by atomic mass is 9.92. The fourth-order valence-electron chi connectivity index (χ4n) is 3.31. The van der Waals surface area contributed by atoms with E-state index in [0.717, 1.165) is 32.7 Å². The molecule has 0 unspecified atom stereocenters. The summed E-state index contributed by atoms with van der Waals surface area (Å²) in [4.78, 5) is 12.6. The number of esters is 1. The van der Waals surface area contributed by atoms with Crippen LogP contribution in [0.5, 0.6) is 5.75 Å². The molecule has 134 valence electrons. The normalized spacial score (nSPS) is 11.7. The van der Waals surface area contributed by atoms with Crippen LogP contribution >= 0.6 is 0 Å². The molecule has 2 nitrogen and oxygen atoms in total. The molecule has 0 spiro atoms. The van der Waals surface area contributed by atoms with Crippen LogP contribution in [-0.4, -0.2) is 5.97 Å². The third kappa shape index (κ3) is 3.19. The van der Waals surface area contributed by atoms with Crippen molar-refractivity contribution in [1.29, 1.82) is 0 Å². The van der Waals surface area contributed by atoms with Crippen molar-refractivity contribution in [3.05, 3.63) is 78.9 Å². The molecule has 0 bridgehead atoms. The van der Waals surface area contributed by atoms with Crippen molar-refractivity contribution in [3.8, 4) is 16.9 Å². The van der Waals surface area contributed by atoms with E-state index in [1.165, 1.54) is 0 Å². The number of hydrogen-bond donors (Lipinski definition) is 0. The van der Waals surface area contributed by atoms with Gasteiger partial charge < -0.3 is 4.74 Å². The Kier molecular flexibility index (Phi) is 4.19. The van der Waals surface area contributed by atoms with E-state index in [2.05, 4.69) is 42.5 Å². The molecule has 0 saturated carbocycles. The number of benzene rings is 4. The average molecular weight is 354 g/mol. The topological polar surface area (TPSA) is 26.3 Å². The molecule has 0 atom stereocenters. The van der Waals surface area contributed by atoms with Gasteiger partial charge >= 0.3 is 5.97 Å². The van der Waals surface area contributed by atoms with Crippen molar-refractivity contribution < 1.29 is 9.53 Å². The third-order valence-electron chi connectivity index (χ3n) is 4.76. The van der Waals surface area contributed by atoms with Gasteiger partial charge in [0.1, 0.15) is 5.75 Å². The molecule has 2 heteroatoms. The maximum absolute atomic E-state index is 12.6. The fourth-order valence-corrected chi connectivity index (χ4v) is 3.31. The summed E-state index contributed by atoms with van der Waals surface area (Å²) in [6.07, 6.45) is 0. The molecular formula is C25H22O2. The SMILES string of the molecule is CC(C)(C)C(=O)Oc1ccc2ccccc2c1-c1cccc2ccccc12. The minimum absolute atomic E-state index is 0.237. The Hall–Kier alpha value is -3.13. The van der Waals surface area contributed by atoms with E-state index in [1.54, 1.807) is 0 Å². The van der Waals surface area contributed by atoms with Crippen molar-refractivity contribution in [2.24, 2.45) is 5.41 Å². The zero-order chi connectivity index (χ0) is 19.0. The van der Waals surface area contributed by atoms with Crippen LogP contribution in [0.2, 0.25) is 0 Å². The average Bonchev–Trinajstić information content (AvgIpc) is 2.67. The summed E-state index contributed by atoms with van der Waals surface area (Å²) in [5, 5.41) is 4.50. The molecule has 0 N–H and O–H groups in total. The third-order valence-corrected chi connectivity index (χ3v) is 4.76. The molecule has 0 heterocycles. The lowest BCUT2D eigenvalue weighted by Crippen LogP contribution is -2.25. The summed E-state index contributed by atoms with van der Waals surface area (Å²) < 4.78 is 5.88. The van der Waals surface area contributed by atoms with Gasteiger partial charge in [-0.05, 0) is 53.9 Å². The monoisotopic (exact) mass is 354 g/mol. The summed E-state index contributed by atoms with van der Waals surface area (Å²) in [6, 6.07) is 26.7. The zero-order valence-electron chi connectivity index (χ0n) is 15.8. The second kappa shape index (κ2) is 6.55. The van der Waals surface area contributed by atoms with Crippen LogP contribution in [0.15, 0.2) is 78.9 Å². The Morgan fingerprint density at radius 1 is 0.704 bits per heavy atom. The van der Waals surface area contributed by atoms with Gasteiger partial charge in [0.15, 0.2) is 0 Å². The summed E-state index contributed by atoms with van der Waals surface area (Å²) in [6.45, 7) is 5.61. The van der Waals surface area contributed by atoms with E-state index in [0.29, 0.717) is 5.75 Å². The number of carbonyl (C=O) groups excluding carboxylic acids is 1. The van der Waals surface area contributed by atoms with E-state index >= 15 is 0 Å². The minimum Gasteiger partial charge on any atom is -0.425 e. The van der Waals surface area contributed by atoms with Gasteiger partial charge in [-0.15, -0.1) is 0 Å². The van der Waals surface area contributed by atoms with Gasteiger partial charge in [0, 0.05) is 5.56 Å². The van der Waals surface area contributed by atoms with Crippen molar-refractivity contribution in [2.75, 3.05) is 0 Å². The van der Waals surface area contributed by atoms with Crippen molar-refractivity contribution >= 4 is 27.5 Å². The van der Waals surface area contributed by atoms with Gasteiger partial charge in [-0.2, -0.15) is 0 Å². The number of rotatable bonds is 2. The molecule has 4 rings (SSSR count). The second-order valence-electron chi connectivity index (χ2n) is 7.83. The maximum atomic E-state index is 12.6. The highest BCUT2D eigenvalue weighted by atomic mass is 16.5. The highest BCUT2D eigenvalue weighted by Gasteiger charge is 2.25. The lowest BCUT2D eigenvalue weighted by Gasteiger charge is -2.20. The van der Waals surface area contributed by atoms with Crippen molar-refractivity contribution in [1.82, 2.24) is 0 Å². The molecule has 4 aromatic rings. The Bertz CT molecular complexity index is 1140. The number of fused-ring (bicyclic) bond motifs is 2. The van der Waals surface area contributed by atoms with E-state index < -0.39 is 5.41 Å². The van der Waals surface area contributed by atoms with Crippen LogP contribution in [0, 0.1) is 5.41 Å². The first-order valence-corrected chi connectivity index (χ1v) is 9.17. The van der Waals surface area contributed by atoms with Crippen molar-refractivity contribution in [2.45, 2.75) is 20.8 Å². The van der Waals surface area contributed by atoms with Crippen LogP contribution in [0.3, 0.4) is 0 Å². The van der Waals surface area contributed by atoms with Crippen molar-refractivity contribution in [3.63, 3.8) is 0 Å². The Morgan fingerprint density at radius 2 is 1.30 bits per heavy atom.